The van der Waals surface area contributed by atoms with Crippen LogP contribution < -0.4 is 0 Å². The van der Waals surface area contributed by atoms with E-state index in [9.17, 15) is 4.79 Å². The van der Waals surface area contributed by atoms with Crippen LogP contribution in [0.1, 0.15) is 18.4 Å². The number of methoxy groups -OCH3 is 1. The summed E-state index contributed by atoms with van der Waals surface area (Å²) in [6.07, 6.45) is -0.432. The predicted octanol–water partition coefficient (Wildman–Crippen LogP) is 1.51. The molecule has 0 saturated carbocycles. The molecule has 5 nitrogen and oxygen atoms in total. The molecule has 0 bridgehead atoms. The van der Waals surface area contributed by atoms with E-state index in [1.54, 1.807) is 18.9 Å². The molecule has 0 aliphatic carbocycles. The fourth-order valence-electron chi connectivity index (χ4n) is 1.70. The minimum Gasteiger partial charge on any atom is -0.464 e. The van der Waals surface area contributed by atoms with Gasteiger partial charge in [0.05, 0.1) is 6.54 Å². The van der Waals surface area contributed by atoms with Gasteiger partial charge < -0.3 is 19.0 Å². The van der Waals surface area contributed by atoms with Crippen molar-refractivity contribution in [2.75, 3.05) is 34.3 Å². The lowest BCUT2D eigenvalue weighted by molar-refractivity contribution is -0.142. The van der Waals surface area contributed by atoms with E-state index < -0.39 is 6.10 Å². The van der Waals surface area contributed by atoms with Crippen LogP contribution in [0.3, 0.4) is 0 Å². The van der Waals surface area contributed by atoms with Gasteiger partial charge in [-0.3, -0.25) is 4.79 Å². The van der Waals surface area contributed by atoms with Crippen molar-refractivity contribution in [3.8, 4) is 0 Å². The first-order chi connectivity index (χ1) is 8.93. The highest BCUT2D eigenvalue weighted by molar-refractivity contribution is 5.80. The molecule has 1 unspecified atom stereocenters. The molecule has 0 saturated heterocycles. The Bertz CT molecular complexity index is 401. The van der Waals surface area contributed by atoms with Crippen LogP contribution in [0.25, 0.3) is 0 Å². The number of likely N-dealkylation sites (N-methyl/N-ethyl adjacent to an activating group) is 1. The highest BCUT2D eigenvalue weighted by atomic mass is 16.5. The van der Waals surface area contributed by atoms with Crippen molar-refractivity contribution in [1.82, 2.24) is 9.80 Å². The van der Waals surface area contributed by atoms with Crippen molar-refractivity contribution in [2.24, 2.45) is 0 Å². The molecule has 1 amide bonds. The summed E-state index contributed by atoms with van der Waals surface area (Å²) in [5, 5.41) is 0. The average molecular weight is 268 g/mol. The number of rotatable bonds is 7. The normalized spacial score (nSPS) is 12.7. The lowest BCUT2D eigenvalue weighted by Crippen LogP contribution is -2.41. The van der Waals surface area contributed by atoms with Gasteiger partial charge in [-0.05, 0) is 40.1 Å². The number of hydrogen-bond acceptors (Lipinski definition) is 4. The molecule has 1 rings (SSSR count). The molecule has 0 radical (unpaired) electrons. The summed E-state index contributed by atoms with van der Waals surface area (Å²) in [6, 6.07) is 3.81. The molecule has 0 spiro atoms. The Balaban J connectivity index is 2.70. The molecule has 1 heterocycles. The Labute approximate surface area is 115 Å². The van der Waals surface area contributed by atoms with E-state index in [0.29, 0.717) is 13.1 Å². The lowest BCUT2D eigenvalue weighted by Gasteiger charge is -2.25. The molecular formula is C14H24N2O3. The molecule has 0 N–H and O–H groups in total. The third kappa shape index (κ3) is 5.04. The quantitative estimate of drug-likeness (QED) is 0.752. The Morgan fingerprint density at radius 3 is 2.53 bits per heavy atom. The summed E-state index contributed by atoms with van der Waals surface area (Å²) in [4.78, 5) is 16.1. The van der Waals surface area contributed by atoms with Crippen molar-refractivity contribution in [3.05, 3.63) is 23.7 Å². The van der Waals surface area contributed by atoms with E-state index in [-0.39, 0.29) is 5.91 Å². The van der Waals surface area contributed by atoms with Gasteiger partial charge in [-0.1, -0.05) is 0 Å². The van der Waals surface area contributed by atoms with Crippen molar-refractivity contribution >= 4 is 5.91 Å². The molecule has 1 aromatic heterocycles. The summed E-state index contributed by atoms with van der Waals surface area (Å²) < 4.78 is 10.6. The number of hydrogen-bond donors (Lipinski definition) is 0. The first-order valence-corrected chi connectivity index (χ1v) is 6.45. The maximum atomic E-state index is 12.2. The van der Waals surface area contributed by atoms with E-state index in [2.05, 4.69) is 0 Å². The number of ether oxygens (including phenoxy) is 1. The number of nitrogens with zero attached hydrogens (tertiary/aromatic N) is 2. The number of carbonyl (C=O) groups is 1. The zero-order valence-corrected chi connectivity index (χ0v) is 12.5. The molecule has 19 heavy (non-hydrogen) atoms. The largest absolute Gasteiger partial charge is 0.464 e. The van der Waals surface area contributed by atoms with Crippen molar-refractivity contribution in [3.63, 3.8) is 0 Å². The first-order valence-electron chi connectivity index (χ1n) is 6.45. The summed E-state index contributed by atoms with van der Waals surface area (Å²) in [6.45, 7) is 5.60. The van der Waals surface area contributed by atoms with E-state index in [0.717, 1.165) is 18.1 Å². The number of amides is 1. The molecular weight excluding hydrogens is 244 g/mol. The van der Waals surface area contributed by atoms with Gasteiger partial charge in [0.2, 0.25) is 0 Å². The minimum absolute atomic E-state index is 0.0154. The van der Waals surface area contributed by atoms with Crippen LogP contribution in [0.5, 0.6) is 0 Å². The van der Waals surface area contributed by atoms with Gasteiger partial charge in [0.1, 0.15) is 17.6 Å². The van der Waals surface area contributed by atoms with Crippen LogP contribution in [-0.4, -0.2) is 56.1 Å². The smallest absolute Gasteiger partial charge is 0.251 e. The number of carbonyl (C=O) groups excluding carboxylic acids is 1. The van der Waals surface area contributed by atoms with Crippen LogP contribution in [0.4, 0.5) is 0 Å². The van der Waals surface area contributed by atoms with E-state index in [1.807, 2.05) is 38.1 Å². The maximum absolute atomic E-state index is 12.2. The zero-order chi connectivity index (χ0) is 14.4. The summed E-state index contributed by atoms with van der Waals surface area (Å²) in [7, 11) is 5.52. The second-order valence-electron chi connectivity index (χ2n) is 4.95. The Morgan fingerprint density at radius 1 is 1.37 bits per heavy atom. The van der Waals surface area contributed by atoms with Gasteiger partial charge in [-0.2, -0.15) is 0 Å². The van der Waals surface area contributed by atoms with E-state index >= 15 is 0 Å². The lowest BCUT2D eigenvalue weighted by atomic mass is 10.3. The van der Waals surface area contributed by atoms with Gasteiger partial charge in [0, 0.05) is 20.2 Å². The van der Waals surface area contributed by atoms with Crippen molar-refractivity contribution in [1.29, 1.82) is 0 Å². The first kappa shape index (κ1) is 15.7. The predicted molar refractivity (Wildman–Crippen MR) is 73.9 cm³/mol. The third-order valence-corrected chi connectivity index (χ3v) is 2.97. The van der Waals surface area contributed by atoms with E-state index in [1.165, 1.54) is 0 Å². The zero-order valence-electron chi connectivity index (χ0n) is 12.5. The fraction of sp³-hybridized carbons (Fsp3) is 0.643. The fourth-order valence-corrected chi connectivity index (χ4v) is 1.70. The van der Waals surface area contributed by atoms with Gasteiger partial charge in [-0.25, -0.2) is 0 Å². The van der Waals surface area contributed by atoms with Crippen LogP contribution in [-0.2, 0) is 16.1 Å². The summed E-state index contributed by atoms with van der Waals surface area (Å²) >= 11 is 0. The molecule has 108 valence electrons. The molecule has 0 aromatic carbocycles. The summed E-state index contributed by atoms with van der Waals surface area (Å²) in [5.41, 5.74) is 0. The third-order valence-electron chi connectivity index (χ3n) is 2.97. The van der Waals surface area contributed by atoms with Gasteiger partial charge in [0.15, 0.2) is 0 Å². The number of furan rings is 1. The monoisotopic (exact) mass is 268 g/mol. The Kier molecular flexibility index (Phi) is 6.05. The minimum atomic E-state index is -0.432. The van der Waals surface area contributed by atoms with Crippen molar-refractivity contribution in [2.45, 2.75) is 26.5 Å². The molecule has 0 aliphatic rings. The second-order valence-corrected chi connectivity index (χ2v) is 4.95. The molecule has 0 fully saturated rings. The molecule has 1 aromatic rings. The maximum Gasteiger partial charge on any atom is 0.251 e. The Morgan fingerprint density at radius 2 is 2.05 bits per heavy atom. The second kappa shape index (κ2) is 7.31. The Hall–Kier alpha value is -1.33. The molecule has 1 atom stereocenters. The SMILES string of the molecule is COC(C)C(=O)N(CCN(C)C)Cc1ccc(C)o1. The molecule has 0 aliphatic heterocycles. The highest BCUT2D eigenvalue weighted by Gasteiger charge is 2.21. The van der Waals surface area contributed by atoms with Crippen LogP contribution in [0.15, 0.2) is 16.5 Å². The van der Waals surface area contributed by atoms with Crippen LogP contribution >= 0.6 is 0 Å². The van der Waals surface area contributed by atoms with Crippen LogP contribution in [0.2, 0.25) is 0 Å². The van der Waals surface area contributed by atoms with Gasteiger partial charge in [0.25, 0.3) is 5.91 Å². The number of aryl methyl sites for hydroxylation is 1. The van der Waals surface area contributed by atoms with E-state index in [4.69, 9.17) is 9.15 Å². The van der Waals surface area contributed by atoms with Crippen LogP contribution in [0, 0.1) is 6.92 Å². The standard InChI is InChI=1S/C14H24N2O3/c1-11-6-7-13(19-11)10-16(9-8-15(3)4)14(17)12(2)18-5/h6-7,12H,8-10H2,1-5H3. The van der Waals surface area contributed by atoms with Gasteiger partial charge >= 0.3 is 0 Å². The van der Waals surface area contributed by atoms with Crippen molar-refractivity contribution < 1.29 is 13.9 Å². The highest BCUT2D eigenvalue weighted by Crippen LogP contribution is 2.11. The summed E-state index contributed by atoms with van der Waals surface area (Å²) in [5.74, 6) is 1.64. The average Bonchev–Trinajstić information content (AvgIpc) is 2.77. The molecule has 5 heteroatoms. The topological polar surface area (TPSA) is 45.9 Å². The van der Waals surface area contributed by atoms with Gasteiger partial charge in [-0.15, -0.1) is 0 Å².